The van der Waals surface area contributed by atoms with Gasteiger partial charge in [-0.1, -0.05) is 32.6 Å². The first kappa shape index (κ1) is 19.7. The van der Waals surface area contributed by atoms with Gasteiger partial charge in [-0.05, 0) is 42.0 Å². The number of nitrogens with one attached hydrogen (secondary N) is 1. The van der Waals surface area contributed by atoms with Crippen molar-refractivity contribution in [3.05, 3.63) is 71.2 Å². The Hall–Kier alpha value is -2.65. The van der Waals surface area contributed by atoms with E-state index in [4.69, 9.17) is 0 Å². The van der Waals surface area contributed by atoms with Gasteiger partial charge in [0.25, 0.3) is 6.43 Å². The van der Waals surface area contributed by atoms with Crippen LogP contribution in [-0.2, 0) is 13.6 Å². The summed E-state index contributed by atoms with van der Waals surface area (Å²) < 4.78 is 26.9. The summed E-state index contributed by atoms with van der Waals surface area (Å²) in [6, 6.07) is 16.6. The molecule has 3 rings (SSSR count). The van der Waals surface area contributed by atoms with E-state index in [0.29, 0.717) is 12.2 Å². The van der Waals surface area contributed by atoms with Crippen molar-refractivity contribution < 1.29 is 8.78 Å². The van der Waals surface area contributed by atoms with Gasteiger partial charge in [0.15, 0.2) is 0 Å². The van der Waals surface area contributed by atoms with Gasteiger partial charge >= 0.3 is 0 Å². The predicted octanol–water partition coefficient (Wildman–Crippen LogP) is 5.47. The van der Waals surface area contributed by atoms with Crippen molar-refractivity contribution in [1.29, 1.82) is 0 Å². The van der Waals surface area contributed by atoms with Gasteiger partial charge in [0.05, 0.1) is 9.75 Å². The summed E-state index contributed by atoms with van der Waals surface area (Å²) in [4.78, 5) is 1.78. The lowest BCUT2D eigenvalue weighted by molar-refractivity contribution is 0.141. The number of halogens is 2. The maximum atomic E-state index is 12.9. The zero-order valence-corrected chi connectivity index (χ0v) is 15.8. The summed E-state index contributed by atoms with van der Waals surface area (Å²) in [5, 5.41) is 7.41. The number of hydrogen-bond acceptors (Lipinski definition) is 3. The molecule has 0 atom stereocenters. The third kappa shape index (κ3) is 4.70. The van der Waals surface area contributed by atoms with Crippen molar-refractivity contribution in [1.82, 2.24) is 15.1 Å². The summed E-state index contributed by atoms with van der Waals surface area (Å²) in [7, 11) is 1.52. The van der Waals surface area contributed by atoms with Crippen LogP contribution >= 0.6 is 11.3 Å². The van der Waals surface area contributed by atoms with Crippen LogP contribution in [0.3, 0.4) is 0 Å². The van der Waals surface area contributed by atoms with E-state index in [1.807, 2.05) is 44.2 Å². The largest absolute Gasteiger partial charge is 0.380 e. The van der Waals surface area contributed by atoms with Crippen molar-refractivity contribution in [2.45, 2.75) is 26.8 Å². The van der Waals surface area contributed by atoms with E-state index in [1.165, 1.54) is 29.1 Å². The minimum absolute atomic E-state index is 0.0889. The summed E-state index contributed by atoms with van der Waals surface area (Å²) in [5.41, 5.74) is 2.32. The summed E-state index contributed by atoms with van der Waals surface area (Å²) in [6.45, 7) is 8.67. The van der Waals surface area contributed by atoms with Crippen LogP contribution in [0.2, 0.25) is 0 Å². The van der Waals surface area contributed by atoms with Gasteiger partial charge in [0.2, 0.25) is 0 Å². The highest BCUT2D eigenvalue weighted by Gasteiger charge is 2.16. The van der Waals surface area contributed by atoms with E-state index in [2.05, 4.69) is 29.1 Å². The Morgan fingerprint density at radius 1 is 1.31 bits per heavy atom. The molecule has 0 bridgehead atoms. The molecule has 2 heterocycles. The summed E-state index contributed by atoms with van der Waals surface area (Å²) in [5.74, 6) is 0. The number of alkyl halides is 2. The number of hydrogen-bond donors (Lipinski definition) is 1. The lowest BCUT2D eigenvalue weighted by Crippen LogP contribution is -2.09. The van der Waals surface area contributed by atoms with E-state index >= 15 is 0 Å². The average Bonchev–Trinajstić information content (AvgIpc) is 3.29. The van der Waals surface area contributed by atoms with Crippen LogP contribution in [-0.4, -0.2) is 9.78 Å². The number of aryl methyl sites for hydroxylation is 1. The normalized spacial score (nSPS) is 10.1. The molecule has 3 nitrogen and oxygen atoms in total. The molecule has 0 radical (unpaired) electrons. The smallest absolute Gasteiger partial charge is 0.280 e. The average molecular weight is 373 g/mol. The Labute approximate surface area is 157 Å². The van der Waals surface area contributed by atoms with Crippen molar-refractivity contribution in [3.8, 4) is 10.6 Å². The van der Waals surface area contributed by atoms with Crippen LogP contribution in [0, 0.1) is 12.1 Å². The quantitative estimate of drug-likeness (QED) is 0.621. The van der Waals surface area contributed by atoms with E-state index < -0.39 is 6.43 Å². The number of rotatable bonds is 6. The van der Waals surface area contributed by atoms with Crippen LogP contribution in [0.5, 0.6) is 0 Å². The van der Waals surface area contributed by atoms with Crippen molar-refractivity contribution in [2.75, 3.05) is 0 Å². The summed E-state index contributed by atoms with van der Waals surface area (Å²) >= 11 is 1.47. The molecule has 0 saturated carbocycles. The second kappa shape index (κ2) is 9.16. The third-order valence-electron chi connectivity index (χ3n) is 3.52. The fraction of sp³-hybridized carbons (Fsp3) is 0.250. The van der Waals surface area contributed by atoms with Gasteiger partial charge in [0, 0.05) is 19.3 Å². The Bertz CT molecular complexity index is 838. The first-order valence-electron chi connectivity index (χ1n) is 8.26. The lowest BCUT2D eigenvalue weighted by atomic mass is 10.2. The molecule has 0 aliphatic rings. The fourth-order valence-electron chi connectivity index (χ4n) is 2.23. The van der Waals surface area contributed by atoms with Gasteiger partial charge in [-0.25, -0.2) is 8.78 Å². The van der Waals surface area contributed by atoms with Crippen LogP contribution in [0.1, 0.15) is 36.4 Å². The highest BCUT2D eigenvalue weighted by Crippen LogP contribution is 2.32. The molecule has 26 heavy (non-hydrogen) atoms. The second-order valence-corrected chi connectivity index (χ2v) is 6.30. The highest BCUT2D eigenvalue weighted by molar-refractivity contribution is 7.16. The van der Waals surface area contributed by atoms with E-state index in [9.17, 15) is 8.78 Å². The van der Waals surface area contributed by atoms with Crippen molar-refractivity contribution in [2.24, 2.45) is 7.05 Å². The number of aromatic nitrogens is 2. The molecule has 0 saturated heterocycles. The molecule has 0 aliphatic heterocycles. The van der Waals surface area contributed by atoms with Gasteiger partial charge < -0.3 is 5.32 Å². The SMILES string of the molecule is C=C(NCc1cc#ccc1)c1ccc(-c2cc(C(F)F)n(C)n2)s1.CC. The molecular formula is C20H21F2N3S. The Morgan fingerprint density at radius 3 is 2.69 bits per heavy atom. The molecule has 6 heteroatoms. The number of nitrogens with zero attached hydrogens (tertiary/aromatic N) is 2. The molecule has 0 amide bonds. The predicted molar refractivity (Wildman–Crippen MR) is 103 cm³/mol. The minimum Gasteiger partial charge on any atom is -0.380 e. The molecule has 1 aromatic carbocycles. The molecule has 1 N–H and O–H groups in total. The molecule has 136 valence electrons. The Balaban J connectivity index is 0.00000117. The topological polar surface area (TPSA) is 29.9 Å². The third-order valence-corrected chi connectivity index (χ3v) is 4.69. The van der Waals surface area contributed by atoms with Gasteiger partial charge in [0.1, 0.15) is 11.4 Å². The Morgan fingerprint density at radius 2 is 2.08 bits per heavy atom. The van der Waals surface area contributed by atoms with E-state index in [1.54, 1.807) is 0 Å². The van der Waals surface area contributed by atoms with Gasteiger partial charge in [-0.15, -0.1) is 11.3 Å². The van der Waals surface area contributed by atoms with Gasteiger partial charge in [-0.2, -0.15) is 5.10 Å². The Kier molecular flexibility index (Phi) is 6.93. The maximum Gasteiger partial charge on any atom is 0.280 e. The molecule has 0 aliphatic carbocycles. The van der Waals surface area contributed by atoms with Crippen LogP contribution in [0.25, 0.3) is 16.3 Å². The standard InChI is InChI=1S/C18H15F2N3S.C2H6/c1-12(21-11-13-6-4-3-5-7-13)16-8-9-17(24-16)14-10-15(18(19)20)23(2)22-14;1-2/h4,6-10,18,21H,1,11H2,2H3;1-2H3. The monoisotopic (exact) mass is 373 g/mol. The molecule has 0 unspecified atom stereocenters. The number of thiophene rings is 1. The second-order valence-electron chi connectivity index (χ2n) is 5.22. The lowest BCUT2D eigenvalue weighted by Gasteiger charge is -2.06. The molecule has 2 aromatic heterocycles. The van der Waals surface area contributed by atoms with Crippen molar-refractivity contribution in [3.63, 3.8) is 0 Å². The van der Waals surface area contributed by atoms with Gasteiger partial charge in [-0.3, -0.25) is 4.68 Å². The van der Waals surface area contributed by atoms with E-state index in [0.717, 1.165) is 21.0 Å². The molecule has 3 aromatic rings. The zero-order chi connectivity index (χ0) is 19.1. The zero-order valence-electron chi connectivity index (χ0n) is 15.0. The molecule has 0 spiro atoms. The maximum absolute atomic E-state index is 12.9. The minimum atomic E-state index is -2.53. The van der Waals surface area contributed by atoms with Crippen LogP contribution in [0.4, 0.5) is 8.78 Å². The van der Waals surface area contributed by atoms with Crippen molar-refractivity contribution >= 4 is 17.0 Å². The molecular weight excluding hydrogens is 352 g/mol. The molecule has 0 fully saturated rings. The summed E-state index contributed by atoms with van der Waals surface area (Å²) in [6.07, 6.45) is -2.53. The van der Waals surface area contributed by atoms with E-state index in [-0.39, 0.29) is 5.69 Å². The van der Waals surface area contributed by atoms with Crippen LogP contribution < -0.4 is 5.32 Å². The first-order chi connectivity index (χ1) is 12.5. The first-order valence-corrected chi connectivity index (χ1v) is 9.08. The van der Waals surface area contributed by atoms with Crippen LogP contribution in [0.15, 0.2) is 43.0 Å². The fourth-order valence-corrected chi connectivity index (χ4v) is 3.14. The highest BCUT2D eigenvalue weighted by atomic mass is 32.1.